The van der Waals surface area contributed by atoms with Gasteiger partial charge in [0.15, 0.2) is 0 Å². The van der Waals surface area contributed by atoms with E-state index in [1.807, 2.05) is 0 Å². The number of likely N-dealkylation sites (tertiary alicyclic amines) is 1. The van der Waals surface area contributed by atoms with Crippen LogP contribution >= 0.6 is 0 Å². The average molecular weight is 267 g/mol. The maximum absolute atomic E-state index is 12.1. The van der Waals surface area contributed by atoms with Crippen LogP contribution in [-0.4, -0.2) is 65.5 Å². The molecule has 2 saturated heterocycles. The second kappa shape index (κ2) is 5.48. The van der Waals surface area contributed by atoms with Crippen molar-refractivity contribution < 1.29 is 19.2 Å². The molecule has 104 valence electrons. The Labute approximate surface area is 110 Å². The normalized spacial score (nSPS) is 25.4. The number of carbonyl (C=O) groups is 4. The number of ketones is 1. The van der Waals surface area contributed by atoms with E-state index < -0.39 is 6.04 Å². The predicted octanol–water partition coefficient (Wildman–Crippen LogP) is -1.48. The van der Waals surface area contributed by atoms with Crippen LogP contribution in [0.15, 0.2) is 0 Å². The molecule has 0 bridgehead atoms. The Balaban J connectivity index is 1.92. The summed E-state index contributed by atoms with van der Waals surface area (Å²) >= 11 is 0. The molecule has 3 amide bonds. The van der Waals surface area contributed by atoms with Gasteiger partial charge in [-0.05, 0) is 6.92 Å². The van der Waals surface area contributed by atoms with Gasteiger partial charge < -0.3 is 4.90 Å². The van der Waals surface area contributed by atoms with Crippen molar-refractivity contribution in [1.29, 1.82) is 0 Å². The molecule has 0 radical (unpaired) electrons. The summed E-state index contributed by atoms with van der Waals surface area (Å²) in [7, 11) is 0. The zero-order valence-corrected chi connectivity index (χ0v) is 10.8. The van der Waals surface area contributed by atoms with Gasteiger partial charge in [-0.2, -0.15) is 0 Å². The Bertz CT molecular complexity index is 425. The SMILES string of the molecule is CC1C(=O)NC(=O)CN1CC(=O)N1CCC(=O)CC1. The third-order valence-corrected chi connectivity index (χ3v) is 3.55. The van der Waals surface area contributed by atoms with Crippen LogP contribution in [0.3, 0.4) is 0 Å². The van der Waals surface area contributed by atoms with Crippen molar-refractivity contribution in [3.8, 4) is 0 Å². The lowest BCUT2D eigenvalue weighted by Gasteiger charge is -2.33. The molecule has 1 unspecified atom stereocenters. The average Bonchev–Trinajstić information content (AvgIpc) is 2.36. The third-order valence-electron chi connectivity index (χ3n) is 3.55. The fraction of sp³-hybridized carbons (Fsp3) is 0.667. The van der Waals surface area contributed by atoms with Crippen LogP contribution in [0.5, 0.6) is 0 Å². The molecule has 0 saturated carbocycles. The van der Waals surface area contributed by atoms with Gasteiger partial charge in [0.25, 0.3) is 0 Å². The van der Waals surface area contributed by atoms with Crippen LogP contribution in [0.4, 0.5) is 0 Å². The van der Waals surface area contributed by atoms with E-state index in [1.54, 1.807) is 16.7 Å². The van der Waals surface area contributed by atoms with Crippen molar-refractivity contribution in [2.75, 3.05) is 26.2 Å². The van der Waals surface area contributed by atoms with Gasteiger partial charge in [-0.1, -0.05) is 0 Å². The zero-order valence-electron chi connectivity index (χ0n) is 10.8. The maximum Gasteiger partial charge on any atom is 0.243 e. The number of rotatable bonds is 2. The number of imide groups is 1. The van der Waals surface area contributed by atoms with Crippen LogP contribution < -0.4 is 5.32 Å². The van der Waals surface area contributed by atoms with Gasteiger partial charge in [-0.15, -0.1) is 0 Å². The van der Waals surface area contributed by atoms with Crippen molar-refractivity contribution >= 4 is 23.5 Å². The Morgan fingerprint density at radius 2 is 1.89 bits per heavy atom. The number of hydrogen-bond acceptors (Lipinski definition) is 5. The topological polar surface area (TPSA) is 86.8 Å². The minimum absolute atomic E-state index is 0.0362. The number of Topliss-reactive ketones (excluding diaryl/α,β-unsaturated/α-hetero) is 1. The lowest BCUT2D eigenvalue weighted by atomic mass is 10.1. The first kappa shape index (κ1) is 13.7. The van der Waals surface area contributed by atoms with Gasteiger partial charge >= 0.3 is 0 Å². The number of piperidine rings is 1. The van der Waals surface area contributed by atoms with E-state index in [-0.39, 0.29) is 36.6 Å². The molecule has 2 rings (SSSR count). The van der Waals surface area contributed by atoms with E-state index in [0.29, 0.717) is 25.9 Å². The summed E-state index contributed by atoms with van der Waals surface area (Å²) in [4.78, 5) is 49.1. The number of amides is 3. The molecule has 0 spiro atoms. The van der Waals surface area contributed by atoms with Crippen LogP contribution in [0.25, 0.3) is 0 Å². The highest BCUT2D eigenvalue weighted by molar-refractivity contribution is 6.01. The summed E-state index contributed by atoms with van der Waals surface area (Å²) in [5.74, 6) is -0.727. The number of carbonyl (C=O) groups excluding carboxylic acids is 4. The highest BCUT2D eigenvalue weighted by Gasteiger charge is 2.32. The lowest BCUT2D eigenvalue weighted by molar-refractivity contribution is -0.142. The number of hydrogen-bond donors (Lipinski definition) is 1. The Morgan fingerprint density at radius 3 is 2.53 bits per heavy atom. The van der Waals surface area contributed by atoms with Gasteiger partial charge in [-0.3, -0.25) is 29.4 Å². The fourth-order valence-corrected chi connectivity index (χ4v) is 2.24. The van der Waals surface area contributed by atoms with Crippen molar-refractivity contribution in [2.45, 2.75) is 25.8 Å². The van der Waals surface area contributed by atoms with E-state index in [9.17, 15) is 19.2 Å². The van der Waals surface area contributed by atoms with Gasteiger partial charge in [-0.25, -0.2) is 0 Å². The van der Waals surface area contributed by atoms with Crippen LogP contribution in [0.1, 0.15) is 19.8 Å². The molecular weight excluding hydrogens is 250 g/mol. The Hall–Kier alpha value is -1.76. The van der Waals surface area contributed by atoms with E-state index in [1.165, 1.54) is 0 Å². The largest absolute Gasteiger partial charge is 0.341 e. The van der Waals surface area contributed by atoms with E-state index in [0.717, 1.165) is 0 Å². The van der Waals surface area contributed by atoms with Crippen molar-refractivity contribution in [3.05, 3.63) is 0 Å². The summed E-state index contributed by atoms with van der Waals surface area (Å²) in [6.07, 6.45) is 0.779. The molecule has 19 heavy (non-hydrogen) atoms. The van der Waals surface area contributed by atoms with Crippen LogP contribution in [0, 0.1) is 0 Å². The number of piperazine rings is 1. The molecule has 0 aromatic heterocycles. The number of nitrogens with zero attached hydrogens (tertiary/aromatic N) is 2. The number of nitrogens with one attached hydrogen (secondary N) is 1. The van der Waals surface area contributed by atoms with Crippen molar-refractivity contribution in [3.63, 3.8) is 0 Å². The molecule has 1 N–H and O–H groups in total. The minimum Gasteiger partial charge on any atom is -0.341 e. The molecule has 7 heteroatoms. The van der Waals surface area contributed by atoms with Crippen molar-refractivity contribution in [1.82, 2.24) is 15.1 Å². The third kappa shape index (κ3) is 3.17. The molecule has 0 aromatic carbocycles. The molecule has 2 fully saturated rings. The highest BCUT2D eigenvalue weighted by Crippen LogP contribution is 2.09. The minimum atomic E-state index is -0.493. The van der Waals surface area contributed by atoms with Crippen LogP contribution in [0.2, 0.25) is 0 Å². The Kier molecular flexibility index (Phi) is 3.94. The Morgan fingerprint density at radius 1 is 1.26 bits per heavy atom. The molecule has 7 nitrogen and oxygen atoms in total. The van der Waals surface area contributed by atoms with Gasteiger partial charge in [0, 0.05) is 25.9 Å². The summed E-state index contributed by atoms with van der Waals surface area (Å²) < 4.78 is 0. The second-order valence-electron chi connectivity index (χ2n) is 4.91. The molecule has 2 aliphatic rings. The quantitative estimate of drug-likeness (QED) is 0.617. The maximum atomic E-state index is 12.1. The second-order valence-corrected chi connectivity index (χ2v) is 4.91. The summed E-state index contributed by atoms with van der Waals surface area (Å²) in [6, 6.07) is -0.493. The molecule has 1 atom stereocenters. The molecule has 2 heterocycles. The summed E-state index contributed by atoms with van der Waals surface area (Å²) in [5, 5.41) is 2.23. The van der Waals surface area contributed by atoms with E-state index >= 15 is 0 Å². The molecule has 0 aromatic rings. The first-order valence-electron chi connectivity index (χ1n) is 6.34. The first-order valence-corrected chi connectivity index (χ1v) is 6.34. The van der Waals surface area contributed by atoms with Crippen molar-refractivity contribution in [2.24, 2.45) is 0 Å². The predicted molar refractivity (Wildman–Crippen MR) is 65.0 cm³/mol. The smallest absolute Gasteiger partial charge is 0.243 e. The molecule has 0 aliphatic carbocycles. The first-order chi connectivity index (χ1) is 8.97. The van der Waals surface area contributed by atoms with Gasteiger partial charge in [0.1, 0.15) is 5.78 Å². The fourth-order valence-electron chi connectivity index (χ4n) is 2.24. The monoisotopic (exact) mass is 267 g/mol. The molecule has 2 aliphatic heterocycles. The van der Waals surface area contributed by atoms with Crippen LogP contribution in [-0.2, 0) is 19.2 Å². The molecular formula is C12H17N3O4. The summed E-state index contributed by atoms with van der Waals surface area (Å²) in [6.45, 7) is 2.61. The lowest BCUT2D eigenvalue weighted by Crippen LogP contribution is -2.59. The van der Waals surface area contributed by atoms with E-state index in [4.69, 9.17) is 0 Å². The highest BCUT2D eigenvalue weighted by atomic mass is 16.2. The van der Waals surface area contributed by atoms with Gasteiger partial charge in [0.05, 0.1) is 19.1 Å². The zero-order chi connectivity index (χ0) is 14.0. The van der Waals surface area contributed by atoms with Gasteiger partial charge in [0.2, 0.25) is 17.7 Å². The summed E-state index contributed by atoms with van der Waals surface area (Å²) in [5.41, 5.74) is 0. The van der Waals surface area contributed by atoms with E-state index in [2.05, 4.69) is 5.32 Å². The standard InChI is InChI=1S/C12H17N3O4/c1-8-12(19)13-10(17)6-15(8)7-11(18)14-4-2-9(16)3-5-14/h8H,2-7H2,1H3,(H,13,17,19).